The number of aromatic nitrogens is 3. The highest BCUT2D eigenvalue weighted by Crippen LogP contribution is 2.33. The van der Waals surface area contributed by atoms with Crippen LogP contribution in [0.3, 0.4) is 0 Å². The van der Waals surface area contributed by atoms with Gasteiger partial charge < -0.3 is 97.2 Å². The third kappa shape index (κ3) is 17.2. The normalized spacial score (nSPS) is 24.8. The number of ether oxygens (including phenoxy) is 3. The van der Waals surface area contributed by atoms with Crippen molar-refractivity contribution < 1.29 is 88.6 Å². The van der Waals surface area contributed by atoms with Gasteiger partial charge in [0, 0.05) is 63.2 Å². The highest BCUT2D eigenvalue weighted by atomic mass is 32.1. The first-order chi connectivity index (χ1) is 43.6. The Labute approximate surface area is 526 Å². The topological polar surface area (TPSA) is 440 Å². The van der Waals surface area contributed by atoms with Crippen LogP contribution in [0.2, 0.25) is 0 Å². The lowest BCUT2D eigenvalue weighted by Gasteiger charge is -2.34. The minimum absolute atomic E-state index is 0.0875. The minimum atomic E-state index is -2.07. The largest absolute Gasteiger partial charge is 0.504 e. The van der Waals surface area contributed by atoms with Gasteiger partial charge in [-0.3, -0.25) is 38.5 Å². The summed E-state index contributed by atoms with van der Waals surface area (Å²) in [5.41, 5.74) is 8.97. The fourth-order valence-corrected chi connectivity index (χ4v) is 11.6. The Balaban J connectivity index is 1.05. The summed E-state index contributed by atoms with van der Waals surface area (Å²) >= 11 is 1.24. The van der Waals surface area contributed by atoms with Crippen molar-refractivity contribution in [2.24, 2.45) is 11.7 Å². The summed E-state index contributed by atoms with van der Waals surface area (Å²) in [5.74, 6) is -8.31. The first-order valence-corrected chi connectivity index (χ1v) is 30.6. The second kappa shape index (κ2) is 31.6. The molecule has 3 aliphatic rings. The Morgan fingerprint density at radius 3 is 2.09 bits per heavy atom. The van der Waals surface area contributed by atoms with E-state index in [9.17, 15) is 74.4 Å². The number of phenolic OH excluding ortho intramolecular Hbond substituents is 1. The first-order valence-electron chi connectivity index (χ1n) is 29.7. The maximum absolute atomic E-state index is 14.7. The van der Waals surface area contributed by atoms with Crippen LogP contribution in [0.4, 0.5) is 0 Å². The molecule has 0 bridgehead atoms. The number of aromatic hydroxyl groups is 1. The van der Waals surface area contributed by atoms with E-state index in [0.717, 1.165) is 39.2 Å². The van der Waals surface area contributed by atoms with Gasteiger partial charge in [0.15, 0.2) is 16.5 Å². The molecule has 7 amide bonds. The molecule has 5 aromatic rings. The Hall–Kier alpha value is -8.30. The van der Waals surface area contributed by atoms with Crippen molar-refractivity contribution in [1.29, 1.82) is 0 Å². The van der Waals surface area contributed by atoms with Crippen LogP contribution >= 0.6 is 11.3 Å². The van der Waals surface area contributed by atoms with E-state index >= 15 is 0 Å². The van der Waals surface area contributed by atoms with Gasteiger partial charge in [0.05, 0.1) is 55.4 Å². The molecule has 3 saturated heterocycles. The molecule has 13 atom stereocenters. The number of phenols is 1. The summed E-state index contributed by atoms with van der Waals surface area (Å²) in [4.78, 5) is 107. The van der Waals surface area contributed by atoms with Gasteiger partial charge in [0.1, 0.15) is 65.9 Å². The number of fused-ring (bicyclic) bond motifs is 2. The first kappa shape index (κ1) is 68.6. The number of pyridine rings is 1. The van der Waals surface area contributed by atoms with Gasteiger partial charge in [-0.05, 0) is 79.9 Å². The van der Waals surface area contributed by atoms with Crippen molar-refractivity contribution in [3.63, 3.8) is 0 Å². The number of benzene rings is 3. The third-order valence-electron chi connectivity index (χ3n) is 15.7. The zero-order valence-corrected chi connectivity index (χ0v) is 51.0. The number of rotatable bonds is 20. The predicted octanol–water partition coefficient (Wildman–Crippen LogP) is -2.28. The van der Waals surface area contributed by atoms with Crippen LogP contribution in [0.25, 0.3) is 32.4 Å². The molecule has 3 aromatic carbocycles. The molecule has 0 spiro atoms. The van der Waals surface area contributed by atoms with E-state index in [4.69, 9.17) is 19.9 Å². The van der Waals surface area contributed by atoms with Crippen molar-refractivity contribution in [2.45, 2.75) is 119 Å². The standard InChI is InChI=1S/C61H77N11O18S/c1-4-88-21-22-89-40-13-10-35(11-14-40)34-6-8-36(9-7-34)58-69-70-59(91-58)41-15-12-37(27-63-41)53(81)65-42-25-38(75)28-64-57(85)51-52(80)31(2)29-72(51)61(87)50(45(78)17-18-62)68-56(84)49(46(79)23-33-5-16-44(77)47(24-33)90-20-19-73)67-55(83)43-26-39(76)30-71(43)60(86)48(32(3)74)66-54(42)82/h5-16,24,27,31-32,38-39,42-43,45-46,48-52,73-80H,4,17-23,25-26,28-30,62H2,1-3H3,(H,64,85)(H,65,81)(H,66,82)(H,67,83)(H,68,84)/t31-,32+,38+,39+,42?,43-,45+,46+,48-,49-,50-,51-,52-/m0/s1. The summed E-state index contributed by atoms with van der Waals surface area (Å²) in [6.45, 7) is 3.69. The Kier molecular flexibility index (Phi) is 23.8. The molecular weight excluding hydrogens is 1210 g/mol. The molecule has 8 rings (SSSR count). The van der Waals surface area contributed by atoms with Gasteiger partial charge in [-0.1, -0.05) is 60.7 Å². The van der Waals surface area contributed by atoms with Crippen LogP contribution in [0, 0.1) is 5.92 Å². The van der Waals surface area contributed by atoms with Crippen LogP contribution in [-0.4, -0.2) is 239 Å². The number of nitrogens with two attached hydrogens (primary N) is 1. The predicted molar refractivity (Wildman–Crippen MR) is 325 cm³/mol. The Bertz CT molecular complexity index is 3330. The average molecular weight is 1280 g/mol. The highest BCUT2D eigenvalue weighted by molar-refractivity contribution is 7.17. The lowest BCUT2D eigenvalue weighted by atomic mass is 9.98. The average Bonchev–Trinajstić information content (AvgIpc) is 1.72. The van der Waals surface area contributed by atoms with E-state index in [1.807, 2.05) is 55.5 Å². The lowest BCUT2D eigenvalue weighted by Crippen LogP contribution is -2.64. The summed E-state index contributed by atoms with van der Waals surface area (Å²) in [6.07, 6.45) is -10.9. The fraction of sp³-hybridized carbons (Fsp3) is 0.475. The summed E-state index contributed by atoms with van der Waals surface area (Å²) in [7, 11) is 0. The number of aliphatic hydroxyl groups excluding tert-OH is 7. The molecule has 91 heavy (non-hydrogen) atoms. The molecule has 3 fully saturated rings. The lowest BCUT2D eigenvalue weighted by molar-refractivity contribution is -0.147. The number of hydrogen-bond acceptors (Lipinski definition) is 23. The number of β-amino-alcohol motifs (C(OH)–C–C–N with tert-alkyl or cyclic N) is 1. The molecule has 3 aliphatic heterocycles. The summed E-state index contributed by atoms with van der Waals surface area (Å²) < 4.78 is 16.4. The van der Waals surface area contributed by atoms with Crippen LogP contribution in [0.1, 0.15) is 56.0 Å². The zero-order valence-electron chi connectivity index (χ0n) is 50.2. The van der Waals surface area contributed by atoms with E-state index < -0.39 is 159 Å². The van der Waals surface area contributed by atoms with Crippen molar-refractivity contribution >= 4 is 52.7 Å². The number of carbonyl (C=O) groups excluding carboxylic acids is 7. The molecule has 0 radical (unpaired) electrons. The van der Waals surface area contributed by atoms with E-state index in [1.165, 1.54) is 54.8 Å². The second-order valence-electron chi connectivity index (χ2n) is 22.4. The van der Waals surface area contributed by atoms with E-state index in [2.05, 4.69) is 41.8 Å². The number of aliphatic hydroxyl groups is 7. The molecule has 1 unspecified atom stereocenters. The zero-order chi connectivity index (χ0) is 65.6. The second-order valence-corrected chi connectivity index (χ2v) is 23.4. The highest BCUT2D eigenvalue weighted by Gasteiger charge is 2.50. The van der Waals surface area contributed by atoms with Gasteiger partial charge in [0.2, 0.25) is 35.4 Å². The van der Waals surface area contributed by atoms with Crippen LogP contribution in [-0.2, 0) is 39.9 Å². The quantitative estimate of drug-likeness (QED) is 0.0365. The number of nitrogens with one attached hydrogen (secondary N) is 5. The maximum atomic E-state index is 14.7. The van der Waals surface area contributed by atoms with Crippen LogP contribution in [0.5, 0.6) is 17.2 Å². The molecular formula is C61H77N11O18S. The van der Waals surface area contributed by atoms with Crippen LogP contribution in [0.15, 0.2) is 85.1 Å². The number of hydrogen-bond donors (Lipinski definition) is 14. The van der Waals surface area contributed by atoms with E-state index in [1.54, 1.807) is 0 Å². The van der Waals surface area contributed by atoms with Gasteiger partial charge >= 0.3 is 0 Å². The van der Waals surface area contributed by atoms with E-state index in [-0.39, 0.29) is 48.7 Å². The molecule has 30 heteroatoms. The third-order valence-corrected chi connectivity index (χ3v) is 16.7. The van der Waals surface area contributed by atoms with Gasteiger partial charge in [0.25, 0.3) is 5.91 Å². The van der Waals surface area contributed by atoms with Gasteiger partial charge in [-0.2, -0.15) is 0 Å². The summed E-state index contributed by atoms with van der Waals surface area (Å²) in [6, 6.07) is 11.0. The molecule has 2 aromatic heterocycles. The molecule has 0 aliphatic carbocycles. The Morgan fingerprint density at radius 2 is 1.42 bits per heavy atom. The van der Waals surface area contributed by atoms with Crippen molar-refractivity contribution in [3.8, 4) is 49.6 Å². The van der Waals surface area contributed by atoms with E-state index in [0.29, 0.717) is 35.5 Å². The summed E-state index contributed by atoms with van der Waals surface area (Å²) in [5, 5.41) is 110. The van der Waals surface area contributed by atoms with Gasteiger partial charge in [-0.15, -0.1) is 10.2 Å². The SMILES string of the molecule is CCOCCOc1ccc(-c2ccc(-c3nnc(-c4ccc(C(=O)NC5C[C@@H](O)CNC(=O)[C@@H]6[C@@H](O)[C@@H](C)CN6C(=O)[C@H]([C@H](O)CCN)NC(=O)[C@H]([C@H](O)Cc6ccc(O)c(OCCO)c6)NC(=O)[C@@H]6C[C@@H](O)CN6C(=O)[C@H]([C@@H](C)O)NC5=O)cn4)s3)cc2)cc1. The Morgan fingerprint density at radius 1 is 0.747 bits per heavy atom. The van der Waals surface area contributed by atoms with Gasteiger partial charge in [-0.25, -0.2) is 0 Å². The van der Waals surface area contributed by atoms with Crippen molar-refractivity contribution in [2.75, 3.05) is 59.2 Å². The molecule has 29 nitrogen and oxygen atoms in total. The minimum Gasteiger partial charge on any atom is -0.504 e. The fourth-order valence-electron chi connectivity index (χ4n) is 10.8. The number of nitrogens with zero attached hydrogens (tertiary/aromatic N) is 5. The molecule has 15 N–H and O–H groups in total. The monoisotopic (exact) mass is 1280 g/mol. The molecule has 0 saturated carbocycles. The molecule has 490 valence electrons. The molecule has 5 heterocycles. The maximum Gasteiger partial charge on any atom is 0.253 e. The van der Waals surface area contributed by atoms with Crippen LogP contribution < -0.4 is 41.8 Å². The number of amides is 7. The smallest absolute Gasteiger partial charge is 0.253 e. The van der Waals surface area contributed by atoms with Crippen molar-refractivity contribution in [1.82, 2.24) is 51.6 Å². The number of carbonyl (C=O) groups is 7. The van der Waals surface area contributed by atoms with Crippen molar-refractivity contribution in [3.05, 3.63) is 96.2 Å².